The molecule has 0 bridgehead atoms. The van der Waals surface area contributed by atoms with Crippen molar-refractivity contribution in [1.29, 1.82) is 0 Å². The molecule has 160 valence electrons. The highest BCUT2D eigenvalue weighted by atomic mass is 19.4. The number of carboxylic acid groups (broad SMARTS) is 1. The Kier molecular flexibility index (Phi) is 5.55. The molecule has 0 spiro atoms. The van der Waals surface area contributed by atoms with Crippen molar-refractivity contribution in [3.8, 4) is 22.4 Å². The van der Waals surface area contributed by atoms with E-state index in [4.69, 9.17) is 9.90 Å². The van der Waals surface area contributed by atoms with Gasteiger partial charge in [0.15, 0.2) is 0 Å². The Bertz CT molecular complexity index is 1380. The van der Waals surface area contributed by atoms with Crippen LogP contribution < -0.4 is 0 Å². The molecule has 2 aromatic carbocycles. The Morgan fingerprint density at radius 3 is 2.22 bits per heavy atom. The number of fused-ring (bicyclic) bond motifs is 3. The molecule has 3 aromatic heterocycles. The van der Waals surface area contributed by atoms with E-state index in [9.17, 15) is 13.2 Å². The fourth-order valence-corrected chi connectivity index (χ4v) is 3.18. The van der Waals surface area contributed by atoms with Gasteiger partial charge in [-0.05, 0) is 40.8 Å². The predicted octanol–water partition coefficient (Wildman–Crippen LogP) is 5.47. The molecular formula is C23H15F3N4O2. The van der Waals surface area contributed by atoms with Crippen LogP contribution in [0.3, 0.4) is 0 Å². The molecule has 5 aromatic rings. The van der Waals surface area contributed by atoms with Gasteiger partial charge in [-0.1, -0.05) is 30.3 Å². The summed E-state index contributed by atoms with van der Waals surface area (Å²) in [4.78, 5) is 17.8. The second-order valence-corrected chi connectivity index (χ2v) is 6.80. The van der Waals surface area contributed by atoms with Crippen molar-refractivity contribution in [2.45, 2.75) is 6.18 Å². The van der Waals surface area contributed by atoms with E-state index >= 15 is 0 Å². The van der Waals surface area contributed by atoms with Gasteiger partial charge in [-0.2, -0.15) is 18.3 Å². The second kappa shape index (κ2) is 8.46. The molecule has 6 nitrogen and oxygen atoms in total. The Morgan fingerprint density at radius 2 is 1.56 bits per heavy atom. The highest BCUT2D eigenvalue weighted by Crippen LogP contribution is 2.29. The van der Waals surface area contributed by atoms with E-state index in [1.165, 1.54) is 5.39 Å². The van der Waals surface area contributed by atoms with Crippen molar-refractivity contribution in [3.05, 3.63) is 79.4 Å². The summed E-state index contributed by atoms with van der Waals surface area (Å²) in [5.74, 6) is -2.76. The van der Waals surface area contributed by atoms with Crippen LogP contribution in [0.2, 0.25) is 0 Å². The molecule has 0 aliphatic carbocycles. The molecule has 3 heterocycles. The fourth-order valence-electron chi connectivity index (χ4n) is 3.18. The SMILES string of the molecule is O=C(O)C(F)(F)F.c1cc2ccc3ncc(-c4ccc(-c5ccn[nH]5)cc4)cc3c2cn1. The first-order chi connectivity index (χ1) is 15.3. The third-order valence-corrected chi connectivity index (χ3v) is 4.76. The van der Waals surface area contributed by atoms with Crippen LogP contribution in [0.5, 0.6) is 0 Å². The number of H-pyrrole nitrogens is 1. The zero-order valence-corrected chi connectivity index (χ0v) is 16.3. The molecule has 32 heavy (non-hydrogen) atoms. The van der Waals surface area contributed by atoms with Crippen LogP contribution >= 0.6 is 0 Å². The first-order valence-electron chi connectivity index (χ1n) is 9.36. The van der Waals surface area contributed by atoms with Gasteiger partial charge >= 0.3 is 12.1 Å². The van der Waals surface area contributed by atoms with E-state index in [-0.39, 0.29) is 0 Å². The maximum absolute atomic E-state index is 10.6. The molecule has 0 aliphatic rings. The highest BCUT2D eigenvalue weighted by molar-refractivity contribution is 6.06. The van der Waals surface area contributed by atoms with Gasteiger partial charge in [0.25, 0.3) is 0 Å². The van der Waals surface area contributed by atoms with Gasteiger partial charge in [-0.3, -0.25) is 15.1 Å². The Balaban J connectivity index is 0.000000307. The van der Waals surface area contributed by atoms with Gasteiger partial charge in [0.2, 0.25) is 0 Å². The van der Waals surface area contributed by atoms with Crippen molar-refractivity contribution >= 4 is 27.6 Å². The number of aromatic nitrogens is 4. The van der Waals surface area contributed by atoms with E-state index < -0.39 is 12.1 Å². The first kappa shape index (κ1) is 21.0. The number of rotatable bonds is 2. The lowest BCUT2D eigenvalue weighted by molar-refractivity contribution is -0.192. The topological polar surface area (TPSA) is 91.8 Å². The van der Waals surface area contributed by atoms with Crippen LogP contribution in [-0.2, 0) is 4.79 Å². The quantitative estimate of drug-likeness (QED) is 0.358. The molecule has 9 heteroatoms. The van der Waals surface area contributed by atoms with Crippen LogP contribution in [0.15, 0.2) is 79.4 Å². The van der Waals surface area contributed by atoms with Gasteiger partial charge in [0.05, 0.1) is 11.2 Å². The molecular weight excluding hydrogens is 421 g/mol. The lowest BCUT2D eigenvalue weighted by Gasteiger charge is -2.07. The molecule has 0 radical (unpaired) electrons. The summed E-state index contributed by atoms with van der Waals surface area (Å²) in [6, 6.07) is 18.7. The van der Waals surface area contributed by atoms with Crippen molar-refractivity contribution < 1.29 is 23.1 Å². The minimum absolute atomic E-state index is 0.985. The zero-order valence-electron chi connectivity index (χ0n) is 16.3. The van der Waals surface area contributed by atoms with Gasteiger partial charge in [0, 0.05) is 41.1 Å². The van der Waals surface area contributed by atoms with Gasteiger partial charge < -0.3 is 5.11 Å². The van der Waals surface area contributed by atoms with E-state index in [2.05, 4.69) is 62.6 Å². The van der Waals surface area contributed by atoms with Crippen LogP contribution in [0.4, 0.5) is 13.2 Å². The van der Waals surface area contributed by atoms with Gasteiger partial charge in [-0.15, -0.1) is 0 Å². The molecule has 5 rings (SSSR count). The molecule has 0 saturated carbocycles. The van der Waals surface area contributed by atoms with E-state index in [0.29, 0.717) is 0 Å². The number of aromatic amines is 1. The predicted molar refractivity (Wildman–Crippen MR) is 114 cm³/mol. The monoisotopic (exact) mass is 436 g/mol. The number of pyridine rings is 2. The average molecular weight is 436 g/mol. The lowest BCUT2D eigenvalue weighted by Crippen LogP contribution is -2.21. The second-order valence-electron chi connectivity index (χ2n) is 6.80. The van der Waals surface area contributed by atoms with Crippen molar-refractivity contribution in [3.63, 3.8) is 0 Å². The summed E-state index contributed by atoms with van der Waals surface area (Å²) in [5, 5.41) is 17.5. The largest absolute Gasteiger partial charge is 0.490 e. The van der Waals surface area contributed by atoms with E-state index in [1.54, 1.807) is 6.20 Å². The third-order valence-electron chi connectivity index (χ3n) is 4.76. The van der Waals surface area contributed by atoms with E-state index in [0.717, 1.165) is 38.7 Å². The van der Waals surface area contributed by atoms with E-state index in [1.807, 2.05) is 30.7 Å². The first-order valence-corrected chi connectivity index (χ1v) is 9.36. The number of hydrogen-bond donors (Lipinski definition) is 2. The van der Waals surface area contributed by atoms with Gasteiger partial charge in [0.1, 0.15) is 0 Å². The number of benzene rings is 2. The smallest absolute Gasteiger partial charge is 0.475 e. The number of halogens is 3. The average Bonchev–Trinajstić information content (AvgIpc) is 3.34. The number of nitrogens with zero attached hydrogens (tertiary/aromatic N) is 3. The van der Waals surface area contributed by atoms with Crippen molar-refractivity contribution in [1.82, 2.24) is 20.2 Å². The number of hydrogen-bond acceptors (Lipinski definition) is 4. The maximum Gasteiger partial charge on any atom is 0.490 e. The van der Waals surface area contributed by atoms with Crippen molar-refractivity contribution in [2.75, 3.05) is 0 Å². The number of aliphatic carboxylic acids is 1. The molecule has 2 N–H and O–H groups in total. The van der Waals surface area contributed by atoms with Crippen molar-refractivity contribution in [2.24, 2.45) is 0 Å². The summed E-state index contributed by atoms with van der Waals surface area (Å²) in [5.41, 5.74) is 5.35. The fraction of sp³-hybridized carbons (Fsp3) is 0.0435. The highest BCUT2D eigenvalue weighted by Gasteiger charge is 2.38. The molecule has 0 saturated heterocycles. The Labute approximate surface area is 179 Å². The number of alkyl halides is 3. The summed E-state index contributed by atoms with van der Waals surface area (Å²) in [6.07, 6.45) is 2.33. The van der Waals surface area contributed by atoms with Crippen LogP contribution in [0.25, 0.3) is 44.1 Å². The standard InChI is InChI=1S/C21H14N4.C2HF3O2/c1-3-16(20-8-10-24-25-20)4-2-14(1)17-11-18-19-13-22-9-7-15(19)5-6-21(18)23-12-17;3-2(4,5)1(6)7/h1-13H,(H,24,25);(H,6,7). The molecule has 0 amide bonds. The number of nitrogens with one attached hydrogen (secondary N) is 1. The molecule has 0 fully saturated rings. The molecule has 0 unspecified atom stereocenters. The maximum atomic E-state index is 10.6. The summed E-state index contributed by atoms with van der Waals surface area (Å²) in [7, 11) is 0. The Hall–Kier alpha value is -4.27. The third kappa shape index (κ3) is 4.41. The number of carbonyl (C=O) groups is 1. The lowest BCUT2D eigenvalue weighted by atomic mass is 10.0. The normalized spacial score (nSPS) is 11.2. The summed E-state index contributed by atoms with van der Waals surface area (Å²) in [6.45, 7) is 0. The zero-order chi connectivity index (χ0) is 22.7. The van der Waals surface area contributed by atoms with Crippen LogP contribution in [-0.4, -0.2) is 37.4 Å². The van der Waals surface area contributed by atoms with Gasteiger partial charge in [-0.25, -0.2) is 4.79 Å². The minimum atomic E-state index is -5.08. The molecule has 0 atom stereocenters. The molecule has 0 aliphatic heterocycles. The number of carboxylic acids is 1. The minimum Gasteiger partial charge on any atom is -0.475 e. The summed E-state index contributed by atoms with van der Waals surface area (Å²) < 4.78 is 31.7. The Morgan fingerprint density at radius 1 is 0.844 bits per heavy atom. The van der Waals surface area contributed by atoms with Crippen LogP contribution in [0, 0.1) is 0 Å². The summed E-state index contributed by atoms with van der Waals surface area (Å²) >= 11 is 0. The van der Waals surface area contributed by atoms with Crippen LogP contribution in [0.1, 0.15) is 0 Å².